The minimum atomic E-state index is -3.29. The molecule has 9 heteroatoms. The number of thiazole rings is 1. The number of amides is 1. The van der Waals surface area contributed by atoms with Crippen LogP contribution in [0.3, 0.4) is 0 Å². The van der Waals surface area contributed by atoms with Crippen molar-refractivity contribution in [3.63, 3.8) is 0 Å². The molecule has 2 aromatic carbocycles. The number of ether oxygens (including phenoxy) is 1. The van der Waals surface area contributed by atoms with Gasteiger partial charge in [-0.3, -0.25) is 10.1 Å². The number of nitrogens with zero attached hydrogens (tertiary/aromatic N) is 1. The number of carbonyl (C=O) groups is 1. The number of benzene rings is 2. The molecule has 0 aliphatic rings. The summed E-state index contributed by atoms with van der Waals surface area (Å²) in [6, 6.07) is 10.3. The zero-order chi connectivity index (χ0) is 18.9. The lowest BCUT2D eigenvalue weighted by Gasteiger charge is -2.08. The predicted octanol–water partition coefficient (Wildman–Crippen LogP) is 3.79. The van der Waals surface area contributed by atoms with E-state index in [2.05, 4.69) is 26.2 Å². The summed E-state index contributed by atoms with van der Waals surface area (Å²) in [6.45, 7) is 1.80. The Labute approximate surface area is 163 Å². The molecular weight excluding hydrogens is 440 g/mol. The Morgan fingerprint density at radius 1 is 1.27 bits per heavy atom. The van der Waals surface area contributed by atoms with Crippen LogP contribution in [-0.2, 0) is 14.6 Å². The summed E-state index contributed by atoms with van der Waals surface area (Å²) in [5.41, 5.74) is 1.71. The highest BCUT2D eigenvalue weighted by Gasteiger charge is 2.13. The quantitative estimate of drug-likeness (QED) is 0.633. The van der Waals surface area contributed by atoms with Crippen molar-refractivity contribution in [2.75, 3.05) is 18.2 Å². The number of sulfone groups is 1. The number of aromatic nitrogens is 1. The number of fused-ring (bicyclic) bond motifs is 1. The van der Waals surface area contributed by atoms with Crippen LogP contribution in [0.25, 0.3) is 10.2 Å². The van der Waals surface area contributed by atoms with E-state index >= 15 is 0 Å². The van der Waals surface area contributed by atoms with Crippen molar-refractivity contribution in [2.24, 2.45) is 0 Å². The summed E-state index contributed by atoms with van der Waals surface area (Å²) in [4.78, 5) is 16.6. The van der Waals surface area contributed by atoms with Gasteiger partial charge in [-0.15, -0.1) is 0 Å². The van der Waals surface area contributed by atoms with E-state index in [9.17, 15) is 13.2 Å². The van der Waals surface area contributed by atoms with Gasteiger partial charge in [0.25, 0.3) is 5.91 Å². The average Bonchev–Trinajstić information content (AvgIpc) is 2.94. The van der Waals surface area contributed by atoms with Gasteiger partial charge in [-0.25, -0.2) is 13.4 Å². The normalized spacial score (nSPS) is 11.5. The third-order valence-corrected chi connectivity index (χ3v) is 6.14. The Bertz CT molecular complexity index is 1090. The van der Waals surface area contributed by atoms with Crippen molar-refractivity contribution in [3.8, 4) is 5.75 Å². The first-order valence-electron chi connectivity index (χ1n) is 7.52. The van der Waals surface area contributed by atoms with Crippen LogP contribution < -0.4 is 10.1 Å². The van der Waals surface area contributed by atoms with Gasteiger partial charge in [0.1, 0.15) is 5.75 Å². The lowest BCUT2D eigenvalue weighted by molar-refractivity contribution is -0.118. The molecule has 3 rings (SSSR count). The van der Waals surface area contributed by atoms with Gasteiger partial charge in [-0.05, 0) is 58.7 Å². The van der Waals surface area contributed by atoms with E-state index < -0.39 is 9.84 Å². The Kier molecular flexibility index (Phi) is 5.31. The molecule has 1 amide bonds. The number of nitrogens with one attached hydrogen (secondary N) is 1. The van der Waals surface area contributed by atoms with Crippen molar-refractivity contribution >= 4 is 58.4 Å². The number of rotatable bonds is 5. The van der Waals surface area contributed by atoms with Crippen LogP contribution in [0.2, 0.25) is 0 Å². The van der Waals surface area contributed by atoms with E-state index in [1.54, 1.807) is 18.2 Å². The van der Waals surface area contributed by atoms with Crippen LogP contribution >= 0.6 is 27.3 Å². The first-order chi connectivity index (χ1) is 12.2. The summed E-state index contributed by atoms with van der Waals surface area (Å²) in [5.74, 6) is 0.229. The Morgan fingerprint density at radius 2 is 2.04 bits per heavy atom. The molecule has 0 saturated heterocycles. The third-order valence-electron chi connectivity index (χ3n) is 3.48. The number of aryl methyl sites for hydroxylation is 1. The molecule has 0 fully saturated rings. The molecule has 0 aliphatic heterocycles. The first-order valence-corrected chi connectivity index (χ1v) is 11.0. The lowest BCUT2D eigenvalue weighted by Crippen LogP contribution is -2.20. The van der Waals surface area contributed by atoms with Gasteiger partial charge in [0.15, 0.2) is 21.6 Å². The van der Waals surface area contributed by atoms with E-state index in [0.717, 1.165) is 16.3 Å². The molecule has 0 saturated carbocycles. The number of halogens is 1. The maximum absolute atomic E-state index is 12.1. The minimum absolute atomic E-state index is 0.161. The maximum atomic E-state index is 12.1. The molecule has 6 nitrogen and oxygen atoms in total. The van der Waals surface area contributed by atoms with Gasteiger partial charge in [-0.1, -0.05) is 17.4 Å². The Hall–Kier alpha value is -1.97. The SMILES string of the molecule is Cc1ccc(OCC(=O)Nc2nc3ccc(S(C)(=O)=O)cc3s2)c(Br)c1. The summed E-state index contributed by atoms with van der Waals surface area (Å²) in [5, 5.41) is 3.06. The number of hydrogen-bond donors (Lipinski definition) is 1. The molecule has 0 atom stereocenters. The molecule has 26 heavy (non-hydrogen) atoms. The summed E-state index contributed by atoms with van der Waals surface area (Å²) < 4.78 is 30.2. The Balaban J connectivity index is 1.69. The summed E-state index contributed by atoms with van der Waals surface area (Å²) >= 11 is 4.60. The van der Waals surface area contributed by atoms with Crippen molar-refractivity contribution in [3.05, 3.63) is 46.4 Å². The molecular formula is C17H15BrN2O4S2. The van der Waals surface area contributed by atoms with E-state index in [0.29, 0.717) is 21.1 Å². The standard InChI is InChI=1S/C17H15BrN2O4S2/c1-10-3-6-14(12(18)7-10)24-9-16(21)20-17-19-13-5-4-11(26(2,22)23)8-15(13)25-17/h3-8H,9H2,1-2H3,(H,19,20,21). The van der Waals surface area contributed by atoms with Gasteiger partial charge >= 0.3 is 0 Å². The number of hydrogen-bond acceptors (Lipinski definition) is 6. The zero-order valence-electron chi connectivity index (χ0n) is 13.9. The fourth-order valence-corrected chi connectivity index (χ4v) is 4.46. The molecule has 1 heterocycles. The van der Waals surface area contributed by atoms with Crippen molar-refractivity contribution in [2.45, 2.75) is 11.8 Å². The molecule has 0 bridgehead atoms. The van der Waals surface area contributed by atoms with Gasteiger partial charge in [0, 0.05) is 6.26 Å². The second-order valence-corrected chi connectivity index (χ2v) is 9.59. The van der Waals surface area contributed by atoms with Crippen molar-refractivity contribution in [1.29, 1.82) is 0 Å². The predicted molar refractivity (Wildman–Crippen MR) is 106 cm³/mol. The van der Waals surface area contributed by atoms with E-state index in [1.165, 1.54) is 17.4 Å². The van der Waals surface area contributed by atoms with E-state index in [-0.39, 0.29) is 17.4 Å². The fourth-order valence-electron chi connectivity index (χ4n) is 2.21. The largest absolute Gasteiger partial charge is 0.483 e. The van der Waals surface area contributed by atoms with E-state index in [1.807, 2.05) is 19.1 Å². The Morgan fingerprint density at radius 3 is 2.73 bits per heavy atom. The maximum Gasteiger partial charge on any atom is 0.264 e. The molecule has 0 radical (unpaired) electrons. The highest BCUT2D eigenvalue weighted by Crippen LogP contribution is 2.28. The van der Waals surface area contributed by atoms with Crippen LogP contribution in [0.5, 0.6) is 5.75 Å². The van der Waals surface area contributed by atoms with Crippen LogP contribution in [0.15, 0.2) is 45.8 Å². The van der Waals surface area contributed by atoms with Crippen molar-refractivity contribution in [1.82, 2.24) is 4.98 Å². The molecule has 3 aromatic rings. The summed E-state index contributed by atoms with van der Waals surface area (Å²) in [6.07, 6.45) is 1.15. The monoisotopic (exact) mass is 454 g/mol. The third kappa shape index (κ3) is 4.40. The van der Waals surface area contributed by atoms with E-state index in [4.69, 9.17) is 4.74 Å². The smallest absolute Gasteiger partial charge is 0.264 e. The average molecular weight is 455 g/mol. The molecule has 1 aromatic heterocycles. The molecule has 0 spiro atoms. The topological polar surface area (TPSA) is 85.4 Å². The van der Waals surface area contributed by atoms with Gasteiger partial charge in [-0.2, -0.15) is 0 Å². The second-order valence-electron chi connectivity index (χ2n) is 5.69. The number of carbonyl (C=O) groups excluding carboxylic acids is 1. The molecule has 136 valence electrons. The van der Waals surface area contributed by atoms with Crippen LogP contribution in [0.4, 0.5) is 5.13 Å². The minimum Gasteiger partial charge on any atom is -0.483 e. The molecule has 0 aliphatic carbocycles. The van der Waals surface area contributed by atoms with Crippen LogP contribution in [0, 0.1) is 6.92 Å². The fraction of sp³-hybridized carbons (Fsp3) is 0.176. The molecule has 1 N–H and O–H groups in total. The highest BCUT2D eigenvalue weighted by molar-refractivity contribution is 9.10. The van der Waals surface area contributed by atoms with Gasteiger partial charge in [0.05, 0.1) is 19.6 Å². The van der Waals surface area contributed by atoms with Crippen molar-refractivity contribution < 1.29 is 17.9 Å². The lowest BCUT2D eigenvalue weighted by atomic mass is 10.2. The highest BCUT2D eigenvalue weighted by atomic mass is 79.9. The first kappa shape index (κ1) is 18.8. The summed E-state index contributed by atoms with van der Waals surface area (Å²) in [7, 11) is -3.29. The van der Waals surface area contributed by atoms with Crippen LogP contribution in [-0.4, -0.2) is 32.2 Å². The second kappa shape index (κ2) is 7.34. The van der Waals surface area contributed by atoms with Gasteiger partial charge in [0.2, 0.25) is 0 Å². The van der Waals surface area contributed by atoms with Gasteiger partial charge < -0.3 is 4.74 Å². The molecule has 0 unspecified atom stereocenters. The number of anilines is 1. The zero-order valence-corrected chi connectivity index (χ0v) is 17.2. The van der Waals surface area contributed by atoms with Crippen LogP contribution in [0.1, 0.15) is 5.56 Å².